The Kier molecular flexibility index (Phi) is 4.86. The minimum Gasteiger partial charge on any atom is -0.389 e. The van der Waals surface area contributed by atoms with Gasteiger partial charge in [-0.15, -0.1) is 0 Å². The average Bonchev–Trinajstić information content (AvgIpc) is 2.46. The predicted molar refractivity (Wildman–Crippen MR) is 85.3 cm³/mol. The summed E-state index contributed by atoms with van der Waals surface area (Å²) in [6.07, 6.45) is -0.726. The van der Waals surface area contributed by atoms with E-state index in [0.29, 0.717) is 10.6 Å². The first kappa shape index (κ1) is 15.8. The Bertz CT molecular complexity index is 613. The Morgan fingerprint density at radius 2 is 1.71 bits per heavy atom. The quantitative estimate of drug-likeness (QED) is 0.882. The van der Waals surface area contributed by atoms with Gasteiger partial charge in [0, 0.05) is 23.3 Å². The maximum Gasteiger partial charge on any atom is 0.123 e. The Morgan fingerprint density at radius 1 is 1.10 bits per heavy atom. The lowest BCUT2D eigenvalue weighted by atomic mass is 10.0. The Labute approximate surface area is 129 Å². The predicted octanol–water partition coefficient (Wildman–Crippen LogP) is 4.73. The van der Waals surface area contributed by atoms with Crippen molar-refractivity contribution in [3.63, 3.8) is 0 Å². The third kappa shape index (κ3) is 3.55. The summed E-state index contributed by atoms with van der Waals surface area (Å²) in [5, 5.41) is 10.6. The van der Waals surface area contributed by atoms with Crippen LogP contribution in [0.4, 0.5) is 10.1 Å². The lowest BCUT2D eigenvalue weighted by Gasteiger charge is -2.30. The lowest BCUT2D eigenvalue weighted by Crippen LogP contribution is -2.23. The van der Waals surface area contributed by atoms with E-state index in [1.165, 1.54) is 12.1 Å². The van der Waals surface area contributed by atoms with Gasteiger partial charge in [0.25, 0.3) is 0 Å². The standard InChI is InChI=1S/C17H19ClFNO/c1-11(13-4-6-14(18)7-5-13)20(3)17-9-8-15(19)10-16(17)12(2)21/h4-12,21H,1-3H3/t11?,12-/m1/s1. The highest BCUT2D eigenvalue weighted by molar-refractivity contribution is 6.30. The molecule has 112 valence electrons. The van der Waals surface area contributed by atoms with Crippen molar-refractivity contribution in [2.75, 3.05) is 11.9 Å². The highest BCUT2D eigenvalue weighted by Crippen LogP contribution is 2.32. The summed E-state index contributed by atoms with van der Waals surface area (Å²) in [6, 6.07) is 12.2. The van der Waals surface area contributed by atoms with E-state index in [1.807, 2.05) is 36.2 Å². The Morgan fingerprint density at radius 3 is 2.29 bits per heavy atom. The van der Waals surface area contributed by atoms with Gasteiger partial charge in [-0.05, 0) is 49.7 Å². The van der Waals surface area contributed by atoms with Crippen molar-refractivity contribution in [3.8, 4) is 0 Å². The van der Waals surface area contributed by atoms with E-state index < -0.39 is 6.10 Å². The van der Waals surface area contributed by atoms with Gasteiger partial charge in [-0.25, -0.2) is 4.39 Å². The molecule has 1 N–H and O–H groups in total. The zero-order chi connectivity index (χ0) is 15.6. The van der Waals surface area contributed by atoms with E-state index in [9.17, 15) is 9.50 Å². The zero-order valence-electron chi connectivity index (χ0n) is 12.3. The SMILES string of the molecule is CC(c1ccc(Cl)cc1)N(C)c1ccc(F)cc1[C@@H](C)O. The molecule has 0 saturated carbocycles. The molecule has 4 heteroatoms. The van der Waals surface area contributed by atoms with Gasteiger partial charge in [0.05, 0.1) is 12.1 Å². The number of nitrogens with zero attached hydrogens (tertiary/aromatic N) is 1. The second kappa shape index (κ2) is 6.46. The van der Waals surface area contributed by atoms with Crippen molar-refractivity contribution in [3.05, 3.63) is 64.4 Å². The van der Waals surface area contributed by atoms with Crippen LogP contribution in [0.3, 0.4) is 0 Å². The molecule has 0 heterocycles. The molecular weight excluding hydrogens is 289 g/mol. The number of rotatable bonds is 4. The first-order valence-corrected chi connectivity index (χ1v) is 7.23. The number of aliphatic hydroxyl groups is 1. The fourth-order valence-electron chi connectivity index (χ4n) is 2.35. The number of halogens is 2. The summed E-state index contributed by atoms with van der Waals surface area (Å²) in [7, 11) is 1.93. The van der Waals surface area contributed by atoms with E-state index >= 15 is 0 Å². The van der Waals surface area contributed by atoms with Gasteiger partial charge in [0.15, 0.2) is 0 Å². The van der Waals surface area contributed by atoms with Gasteiger partial charge in [0.1, 0.15) is 5.82 Å². The number of aliphatic hydroxyl groups excluding tert-OH is 1. The minimum atomic E-state index is -0.726. The maximum absolute atomic E-state index is 13.4. The van der Waals surface area contributed by atoms with Crippen molar-refractivity contribution in [1.29, 1.82) is 0 Å². The Hall–Kier alpha value is -1.58. The van der Waals surface area contributed by atoms with Gasteiger partial charge in [-0.3, -0.25) is 0 Å². The van der Waals surface area contributed by atoms with Crippen molar-refractivity contribution in [2.45, 2.75) is 26.0 Å². The second-order valence-corrected chi connectivity index (χ2v) is 5.65. The van der Waals surface area contributed by atoms with Gasteiger partial charge in [-0.1, -0.05) is 23.7 Å². The number of hydrogen-bond acceptors (Lipinski definition) is 2. The highest BCUT2D eigenvalue weighted by atomic mass is 35.5. The van der Waals surface area contributed by atoms with Crippen LogP contribution in [0.15, 0.2) is 42.5 Å². The fraction of sp³-hybridized carbons (Fsp3) is 0.294. The van der Waals surface area contributed by atoms with Crippen LogP contribution >= 0.6 is 11.6 Å². The molecule has 0 aliphatic heterocycles. The molecule has 0 radical (unpaired) electrons. The molecule has 0 aliphatic rings. The summed E-state index contributed by atoms with van der Waals surface area (Å²) in [5.41, 5.74) is 2.50. The fourth-order valence-corrected chi connectivity index (χ4v) is 2.48. The Balaban J connectivity index is 2.35. The molecular formula is C17H19ClFNO. The van der Waals surface area contributed by atoms with Gasteiger partial charge in [-0.2, -0.15) is 0 Å². The van der Waals surface area contributed by atoms with Crippen LogP contribution in [0.5, 0.6) is 0 Å². The molecule has 2 nitrogen and oxygen atoms in total. The van der Waals surface area contributed by atoms with Gasteiger partial charge >= 0.3 is 0 Å². The molecule has 0 amide bonds. The summed E-state index contributed by atoms with van der Waals surface area (Å²) >= 11 is 5.91. The average molecular weight is 308 g/mol. The van der Waals surface area contributed by atoms with E-state index in [1.54, 1.807) is 13.0 Å². The summed E-state index contributed by atoms with van der Waals surface area (Å²) in [6.45, 7) is 3.69. The highest BCUT2D eigenvalue weighted by Gasteiger charge is 2.18. The zero-order valence-corrected chi connectivity index (χ0v) is 13.1. The monoisotopic (exact) mass is 307 g/mol. The first-order chi connectivity index (χ1) is 9.90. The van der Waals surface area contributed by atoms with Crippen molar-refractivity contribution in [2.24, 2.45) is 0 Å². The third-order valence-corrected chi connectivity index (χ3v) is 4.00. The molecule has 0 saturated heterocycles. The molecule has 0 spiro atoms. The van der Waals surface area contributed by atoms with Crippen LogP contribution in [0.2, 0.25) is 5.02 Å². The van der Waals surface area contributed by atoms with E-state index in [0.717, 1.165) is 11.3 Å². The molecule has 0 aliphatic carbocycles. The van der Waals surface area contributed by atoms with Crippen LogP contribution in [-0.4, -0.2) is 12.2 Å². The van der Waals surface area contributed by atoms with Crippen molar-refractivity contribution < 1.29 is 9.50 Å². The maximum atomic E-state index is 13.4. The first-order valence-electron chi connectivity index (χ1n) is 6.86. The van der Waals surface area contributed by atoms with Crippen LogP contribution in [0, 0.1) is 5.82 Å². The topological polar surface area (TPSA) is 23.5 Å². The smallest absolute Gasteiger partial charge is 0.123 e. The largest absolute Gasteiger partial charge is 0.389 e. The lowest BCUT2D eigenvalue weighted by molar-refractivity contribution is 0.199. The van der Waals surface area contributed by atoms with Crippen molar-refractivity contribution >= 4 is 17.3 Å². The van der Waals surface area contributed by atoms with Crippen LogP contribution in [-0.2, 0) is 0 Å². The molecule has 2 aromatic rings. The van der Waals surface area contributed by atoms with Gasteiger partial charge < -0.3 is 10.0 Å². The minimum absolute atomic E-state index is 0.0743. The molecule has 0 aromatic heterocycles. The molecule has 0 bridgehead atoms. The number of anilines is 1. The molecule has 2 aromatic carbocycles. The van der Waals surface area contributed by atoms with Crippen LogP contribution < -0.4 is 4.90 Å². The molecule has 21 heavy (non-hydrogen) atoms. The summed E-state index contributed by atoms with van der Waals surface area (Å²) < 4.78 is 13.4. The number of benzene rings is 2. The van der Waals surface area contributed by atoms with Gasteiger partial charge in [0.2, 0.25) is 0 Å². The third-order valence-electron chi connectivity index (χ3n) is 3.75. The molecule has 0 fully saturated rings. The summed E-state index contributed by atoms with van der Waals surface area (Å²) in [4.78, 5) is 2.02. The molecule has 2 rings (SSSR count). The molecule has 2 atom stereocenters. The van der Waals surface area contributed by atoms with Crippen LogP contribution in [0.25, 0.3) is 0 Å². The normalized spacial score (nSPS) is 13.8. The second-order valence-electron chi connectivity index (χ2n) is 5.22. The molecule has 1 unspecified atom stereocenters. The van der Waals surface area contributed by atoms with Crippen LogP contribution in [0.1, 0.15) is 37.1 Å². The number of hydrogen-bond donors (Lipinski definition) is 1. The summed E-state index contributed by atoms with van der Waals surface area (Å²) in [5.74, 6) is -0.345. The van der Waals surface area contributed by atoms with E-state index in [2.05, 4.69) is 6.92 Å². The van der Waals surface area contributed by atoms with E-state index in [-0.39, 0.29) is 11.9 Å². The van der Waals surface area contributed by atoms with Crippen molar-refractivity contribution in [1.82, 2.24) is 0 Å². The van der Waals surface area contributed by atoms with E-state index in [4.69, 9.17) is 11.6 Å².